The molecular weight excluding hydrogens is 351 g/mol. The van der Waals surface area contributed by atoms with Gasteiger partial charge in [-0.15, -0.1) is 0 Å². The Balaban J connectivity index is 1.94. The molecule has 8 heteroatoms. The van der Waals surface area contributed by atoms with E-state index in [0.29, 0.717) is 24.2 Å². The zero-order valence-corrected chi connectivity index (χ0v) is 14.0. The molecule has 0 bridgehead atoms. The third-order valence-corrected chi connectivity index (χ3v) is 3.94. The first-order valence-corrected chi connectivity index (χ1v) is 7.96. The maximum atomic E-state index is 12.6. The fraction of sp³-hybridized carbons (Fsp3) is 0.333. The third-order valence-electron chi connectivity index (χ3n) is 3.94. The largest absolute Gasteiger partial charge is 0.475 e. The molecule has 140 valence electrons. The number of furan rings is 1. The summed E-state index contributed by atoms with van der Waals surface area (Å²) in [6, 6.07) is 7.48. The molecule has 0 fully saturated rings. The Bertz CT molecular complexity index is 765. The second-order valence-corrected chi connectivity index (χ2v) is 5.79. The van der Waals surface area contributed by atoms with E-state index in [4.69, 9.17) is 9.52 Å². The van der Waals surface area contributed by atoms with E-state index in [9.17, 15) is 22.8 Å². The lowest BCUT2D eigenvalue weighted by Gasteiger charge is -2.15. The van der Waals surface area contributed by atoms with Gasteiger partial charge in [0.1, 0.15) is 5.76 Å². The SMILES string of the molecule is CCC(Cc1ccc(C(F)(F)F)cc1)C(=O)NCc1ccc(C(=O)O)o1. The summed E-state index contributed by atoms with van der Waals surface area (Å²) < 4.78 is 42.8. The van der Waals surface area contributed by atoms with Crippen molar-refractivity contribution in [1.29, 1.82) is 0 Å². The Morgan fingerprint density at radius 1 is 1.15 bits per heavy atom. The van der Waals surface area contributed by atoms with Crippen molar-refractivity contribution < 1.29 is 32.3 Å². The van der Waals surface area contributed by atoms with Gasteiger partial charge in [0, 0.05) is 5.92 Å². The van der Waals surface area contributed by atoms with E-state index in [1.165, 1.54) is 24.3 Å². The van der Waals surface area contributed by atoms with Crippen LogP contribution in [0, 0.1) is 5.92 Å². The van der Waals surface area contributed by atoms with Crippen LogP contribution in [0.2, 0.25) is 0 Å². The maximum Gasteiger partial charge on any atom is 0.416 e. The molecule has 2 rings (SSSR count). The van der Waals surface area contributed by atoms with Crippen molar-refractivity contribution in [2.45, 2.75) is 32.5 Å². The average molecular weight is 369 g/mol. The number of benzene rings is 1. The van der Waals surface area contributed by atoms with Gasteiger partial charge in [0.2, 0.25) is 11.7 Å². The van der Waals surface area contributed by atoms with Gasteiger partial charge in [0.05, 0.1) is 12.1 Å². The molecule has 0 saturated carbocycles. The van der Waals surface area contributed by atoms with Gasteiger partial charge in [-0.25, -0.2) is 4.79 Å². The molecule has 0 aliphatic rings. The molecule has 0 radical (unpaired) electrons. The first kappa shape index (κ1) is 19.6. The molecule has 1 aromatic heterocycles. The van der Waals surface area contributed by atoms with E-state index in [1.54, 1.807) is 0 Å². The number of halogens is 3. The lowest BCUT2D eigenvalue weighted by atomic mass is 9.95. The number of alkyl halides is 3. The van der Waals surface area contributed by atoms with Gasteiger partial charge < -0.3 is 14.8 Å². The van der Waals surface area contributed by atoms with E-state index >= 15 is 0 Å². The summed E-state index contributed by atoms with van der Waals surface area (Å²) >= 11 is 0. The molecule has 5 nitrogen and oxygen atoms in total. The second-order valence-electron chi connectivity index (χ2n) is 5.79. The van der Waals surface area contributed by atoms with Crippen LogP contribution in [0.4, 0.5) is 13.2 Å². The lowest BCUT2D eigenvalue weighted by Crippen LogP contribution is -2.31. The van der Waals surface area contributed by atoms with E-state index in [1.807, 2.05) is 6.92 Å². The van der Waals surface area contributed by atoms with Crippen molar-refractivity contribution in [1.82, 2.24) is 5.32 Å². The number of hydrogen-bond donors (Lipinski definition) is 2. The van der Waals surface area contributed by atoms with E-state index in [2.05, 4.69) is 5.32 Å². The minimum absolute atomic E-state index is 0.0373. The highest BCUT2D eigenvalue weighted by molar-refractivity contribution is 5.84. The van der Waals surface area contributed by atoms with Crippen molar-refractivity contribution in [3.05, 3.63) is 59.0 Å². The van der Waals surface area contributed by atoms with Gasteiger partial charge in [-0.05, 0) is 42.7 Å². The zero-order valence-electron chi connectivity index (χ0n) is 14.0. The summed E-state index contributed by atoms with van der Waals surface area (Å²) in [6.07, 6.45) is -3.58. The molecule has 0 aliphatic carbocycles. The monoisotopic (exact) mass is 369 g/mol. The Kier molecular flexibility index (Phi) is 6.07. The zero-order chi connectivity index (χ0) is 19.3. The molecule has 0 aliphatic heterocycles. The molecule has 2 N–H and O–H groups in total. The van der Waals surface area contributed by atoms with Crippen LogP contribution >= 0.6 is 0 Å². The van der Waals surface area contributed by atoms with Crippen LogP contribution in [0.3, 0.4) is 0 Å². The van der Waals surface area contributed by atoms with Crippen molar-refractivity contribution >= 4 is 11.9 Å². The smallest absolute Gasteiger partial charge is 0.416 e. The van der Waals surface area contributed by atoms with Crippen molar-refractivity contribution in [2.75, 3.05) is 0 Å². The third kappa shape index (κ3) is 5.11. The molecule has 1 amide bonds. The van der Waals surface area contributed by atoms with Crippen LogP contribution in [0.5, 0.6) is 0 Å². The normalized spacial score (nSPS) is 12.6. The summed E-state index contributed by atoms with van der Waals surface area (Å²) in [5.41, 5.74) is -0.100. The molecule has 26 heavy (non-hydrogen) atoms. The van der Waals surface area contributed by atoms with Crippen LogP contribution in [-0.2, 0) is 23.9 Å². The van der Waals surface area contributed by atoms with E-state index in [0.717, 1.165) is 12.1 Å². The van der Waals surface area contributed by atoms with Crippen molar-refractivity contribution in [3.63, 3.8) is 0 Å². The topological polar surface area (TPSA) is 79.5 Å². The number of carbonyl (C=O) groups is 2. The highest BCUT2D eigenvalue weighted by Crippen LogP contribution is 2.29. The van der Waals surface area contributed by atoms with Crippen molar-refractivity contribution in [2.24, 2.45) is 5.92 Å². The standard InChI is InChI=1S/C18H18F3NO4/c1-2-12(9-11-3-5-13(6-4-11)18(19,20)21)16(23)22-10-14-7-8-15(26-14)17(24)25/h3-8,12H,2,9-10H2,1H3,(H,22,23)(H,24,25). The number of rotatable bonds is 7. The summed E-state index contributed by atoms with van der Waals surface area (Å²) in [4.78, 5) is 23.0. The summed E-state index contributed by atoms with van der Waals surface area (Å²) in [5.74, 6) is -1.80. The van der Waals surface area contributed by atoms with E-state index < -0.39 is 23.6 Å². The van der Waals surface area contributed by atoms with Crippen LogP contribution in [0.1, 0.15) is 40.8 Å². The summed E-state index contributed by atoms with van der Waals surface area (Å²) in [7, 11) is 0. The molecule has 0 saturated heterocycles. The Morgan fingerprint density at radius 3 is 2.31 bits per heavy atom. The number of carboxylic acids is 1. The van der Waals surface area contributed by atoms with Gasteiger partial charge in [-0.3, -0.25) is 4.79 Å². The second kappa shape index (κ2) is 8.07. The maximum absolute atomic E-state index is 12.6. The fourth-order valence-corrected chi connectivity index (χ4v) is 2.44. The quantitative estimate of drug-likeness (QED) is 0.776. The fourth-order valence-electron chi connectivity index (χ4n) is 2.44. The first-order chi connectivity index (χ1) is 12.2. The van der Waals surface area contributed by atoms with Gasteiger partial charge in [-0.1, -0.05) is 19.1 Å². The molecular formula is C18H18F3NO4. The molecule has 2 aromatic rings. The van der Waals surface area contributed by atoms with Gasteiger partial charge in [0.25, 0.3) is 0 Å². The molecule has 1 heterocycles. The minimum Gasteiger partial charge on any atom is -0.475 e. The molecule has 1 unspecified atom stereocenters. The molecule has 0 spiro atoms. The number of carbonyl (C=O) groups excluding carboxylic acids is 1. The number of nitrogens with one attached hydrogen (secondary N) is 1. The van der Waals surface area contributed by atoms with Crippen LogP contribution in [-0.4, -0.2) is 17.0 Å². The Hall–Kier alpha value is -2.77. The Morgan fingerprint density at radius 2 is 1.81 bits per heavy atom. The predicted octanol–water partition coefficient (Wildman–Crippen LogP) is 3.88. The highest BCUT2D eigenvalue weighted by atomic mass is 19.4. The molecule has 1 atom stereocenters. The number of amides is 1. The van der Waals surface area contributed by atoms with Crippen LogP contribution in [0.25, 0.3) is 0 Å². The van der Waals surface area contributed by atoms with E-state index in [-0.39, 0.29) is 18.2 Å². The predicted molar refractivity (Wildman–Crippen MR) is 86.4 cm³/mol. The van der Waals surface area contributed by atoms with Gasteiger partial charge >= 0.3 is 12.1 Å². The van der Waals surface area contributed by atoms with Gasteiger partial charge in [0.15, 0.2) is 0 Å². The van der Waals surface area contributed by atoms with Crippen LogP contribution < -0.4 is 5.32 Å². The van der Waals surface area contributed by atoms with Crippen LogP contribution in [0.15, 0.2) is 40.8 Å². The average Bonchev–Trinajstić information content (AvgIpc) is 3.06. The number of hydrogen-bond acceptors (Lipinski definition) is 3. The van der Waals surface area contributed by atoms with Gasteiger partial charge in [-0.2, -0.15) is 13.2 Å². The summed E-state index contributed by atoms with van der Waals surface area (Å²) in [5, 5.41) is 11.4. The molecule has 1 aromatic carbocycles. The summed E-state index contributed by atoms with van der Waals surface area (Å²) in [6.45, 7) is 1.85. The lowest BCUT2D eigenvalue weighted by molar-refractivity contribution is -0.137. The highest BCUT2D eigenvalue weighted by Gasteiger charge is 2.30. The minimum atomic E-state index is -4.39. The van der Waals surface area contributed by atoms with Crippen molar-refractivity contribution in [3.8, 4) is 0 Å². The number of aromatic carboxylic acids is 1. The number of carboxylic acid groups (broad SMARTS) is 1. The Labute approximate surface area is 147 Å². The first-order valence-electron chi connectivity index (χ1n) is 7.96.